The summed E-state index contributed by atoms with van der Waals surface area (Å²) < 4.78 is 7.62. The normalized spacial score (nSPS) is 11.8. The van der Waals surface area contributed by atoms with Gasteiger partial charge in [0.1, 0.15) is 21.1 Å². The lowest BCUT2D eigenvalue weighted by atomic mass is 10.1. The Labute approximate surface area is 193 Å². The number of rotatable bonds is 9. The lowest BCUT2D eigenvalue weighted by molar-refractivity contribution is -0.146. The van der Waals surface area contributed by atoms with Crippen LogP contribution in [-0.4, -0.2) is 39.7 Å². The van der Waals surface area contributed by atoms with Crippen LogP contribution < -0.4 is 21.4 Å². The van der Waals surface area contributed by atoms with Gasteiger partial charge in [0, 0.05) is 18.3 Å². The summed E-state index contributed by atoms with van der Waals surface area (Å²) in [6.07, 6.45) is 2.67. The molecule has 0 atom stereocenters. The summed E-state index contributed by atoms with van der Waals surface area (Å²) >= 11 is 1.17. The Morgan fingerprint density at radius 3 is 2.67 bits per heavy atom. The zero-order chi connectivity index (χ0) is 24.3. The molecule has 0 aliphatic heterocycles. The summed E-state index contributed by atoms with van der Waals surface area (Å²) in [4.78, 5) is 39.2. The lowest BCUT2D eigenvalue weighted by Crippen LogP contribution is -2.52. The van der Waals surface area contributed by atoms with Gasteiger partial charge in [-0.25, -0.2) is 14.2 Å². The van der Waals surface area contributed by atoms with Crippen LogP contribution in [0.4, 0.5) is 5.00 Å². The predicted molar refractivity (Wildman–Crippen MR) is 130 cm³/mol. The van der Waals surface area contributed by atoms with Crippen LogP contribution in [0.3, 0.4) is 0 Å². The Hall–Kier alpha value is -3.73. The van der Waals surface area contributed by atoms with E-state index in [4.69, 9.17) is 10.1 Å². The van der Waals surface area contributed by atoms with Crippen LogP contribution in [0.2, 0.25) is 0 Å². The van der Waals surface area contributed by atoms with Gasteiger partial charge >= 0.3 is 11.7 Å². The SMILES string of the molecule is COc1ccccc1CCn1c(=O)n(C(C)(C)C(=O)O)c(=O)c2c(C)c(N/N=C\C=N)sc21. The van der Waals surface area contributed by atoms with Gasteiger partial charge in [0.2, 0.25) is 0 Å². The number of fused-ring (bicyclic) bond motifs is 1. The second-order valence-electron chi connectivity index (χ2n) is 7.79. The Kier molecular flexibility index (Phi) is 6.82. The van der Waals surface area contributed by atoms with E-state index in [1.165, 1.54) is 36.0 Å². The van der Waals surface area contributed by atoms with Crippen LogP contribution in [-0.2, 0) is 23.3 Å². The molecule has 0 spiro atoms. The van der Waals surface area contributed by atoms with E-state index in [1.54, 1.807) is 14.0 Å². The maximum Gasteiger partial charge on any atom is 0.333 e. The number of aliphatic carboxylic acids is 1. The lowest BCUT2D eigenvalue weighted by Gasteiger charge is -2.23. The molecule has 3 N–H and O–H groups in total. The summed E-state index contributed by atoms with van der Waals surface area (Å²) in [5.74, 6) is -0.620. The van der Waals surface area contributed by atoms with Gasteiger partial charge < -0.3 is 15.3 Å². The van der Waals surface area contributed by atoms with Crippen molar-refractivity contribution in [3.63, 3.8) is 0 Å². The van der Waals surface area contributed by atoms with Gasteiger partial charge in [-0.1, -0.05) is 29.5 Å². The average Bonchev–Trinajstić information content (AvgIpc) is 3.10. The molecule has 3 aromatic rings. The maximum absolute atomic E-state index is 13.5. The number of thiophene rings is 1. The van der Waals surface area contributed by atoms with E-state index < -0.39 is 22.8 Å². The van der Waals surface area contributed by atoms with Crippen LogP contribution in [0, 0.1) is 12.3 Å². The van der Waals surface area contributed by atoms with Crippen LogP contribution in [0.15, 0.2) is 39.0 Å². The molecule has 0 aliphatic carbocycles. The number of carboxylic acids is 1. The van der Waals surface area contributed by atoms with Crippen molar-refractivity contribution in [2.45, 2.75) is 39.3 Å². The summed E-state index contributed by atoms with van der Waals surface area (Å²) in [6.45, 7) is 4.55. The van der Waals surface area contributed by atoms with Gasteiger partial charge in [-0.2, -0.15) is 5.10 Å². The zero-order valence-electron chi connectivity index (χ0n) is 18.7. The number of para-hydroxylation sites is 1. The van der Waals surface area contributed by atoms with Crippen molar-refractivity contribution in [1.29, 1.82) is 5.41 Å². The number of ether oxygens (including phenoxy) is 1. The van der Waals surface area contributed by atoms with E-state index in [9.17, 15) is 19.5 Å². The fourth-order valence-electron chi connectivity index (χ4n) is 3.51. The number of benzene rings is 1. The first kappa shape index (κ1) is 23.9. The van der Waals surface area contributed by atoms with E-state index in [1.807, 2.05) is 24.3 Å². The number of nitrogens with zero attached hydrogens (tertiary/aromatic N) is 3. The van der Waals surface area contributed by atoms with E-state index >= 15 is 0 Å². The molecular formula is C22H25N5O5S. The molecule has 0 radical (unpaired) electrons. The smallest absolute Gasteiger partial charge is 0.333 e. The summed E-state index contributed by atoms with van der Waals surface area (Å²) in [6, 6.07) is 7.42. The highest BCUT2D eigenvalue weighted by Crippen LogP contribution is 2.33. The first-order chi connectivity index (χ1) is 15.6. The molecule has 174 valence electrons. The predicted octanol–water partition coefficient (Wildman–Crippen LogP) is 2.65. The van der Waals surface area contributed by atoms with Crippen molar-refractivity contribution in [3.05, 3.63) is 56.2 Å². The number of hydrogen-bond acceptors (Lipinski definition) is 8. The second-order valence-corrected chi connectivity index (χ2v) is 8.79. The minimum Gasteiger partial charge on any atom is -0.496 e. The van der Waals surface area contributed by atoms with Gasteiger partial charge in [0.15, 0.2) is 0 Å². The Morgan fingerprint density at radius 1 is 1.33 bits per heavy atom. The topological polar surface area (TPSA) is 139 Å². The van der Waals surface area contributed by atoms with Gasteiger partial charge in [0.05, 0.1) is 18.7 Å². The number of methoxy groups -OCH3 is 1. The van der Waals surface area contributed by atoms with Gasteiger partial charge in [-0.15, -0.1) is 0 Å². The summed E-state index contributed by atoms with van der Waals surface area (Å²) in [5, 5.41) is 21.5. The molecule has 3 rings (SSSR count). The minimum absolute atomic E-state index is 0.203. The number of aromatic nitrogens is 2. The van der Waals surface area contributed by atoms with Crippen molar-refractivity contribution in [2.24, 2.45) is 5.10 Å². The number of hydrazone groups is 1. The molecule has 0 saturated carbocycles. The highest BCUT2D eigenvalue weighted by molar-refractivity contribution is 7.22. The molecule has 2 aromatic heterocycles. The monoisotopic (exact) mass is 471 g/mol. The number of carbonyl (C=O) groups is 1. The van der Waals surface area contributed by atoms with Gasteiger partial charge in [-0.05, 0) is 38.8 Å². The Bertz CT molecular complexity index is 1370. The van der Waals surface area contributed by atoms with E-state index in [-0.39, 0.29) is 11.9 Å². The number of nitrogens with one attached hydrogen (secondary N) is 2. The Balaban J connectivity index is 2.27. The van der Waals surface area contributed by atoms with E-state index in [0.29, 0.717) is 27.6 Å². The largest absolute Gasteiger partial charge is 0.496 e. The van der Waals surface area contributed by atoms with Gasteiger partial charge in [-0.3, -0.25) is 14.8 Å². The molecular weight excluding hydrogens is 446 g/mol. The van der Waals surface area contributed by atoms with Crippen LogP contribution in [0.5, 0.6) is 5.75 Å². The van der Waals surface area contributed by atoms with Crippen molar-refractivity contribution in [1.82, 2.24) is 9.13 Å². The third kappa shape index (κ3) is 4.31. The first-order valence-corrected chi connectivity index (χ1v) is 10.9. The number of hydrogen-bond donors (Lipinski definition) is 3. The minimum atomic E-state index is -1.76. The second kappa shape index (κ2) is 9.41. The molecule has 0 bridgehead atoms. The third-order valence-electron chi connectivity index (χ3n) is 5.41. The molecule has 11 heteroatoms. The maximum atomic E-state index is 13.5. The third-order valence-corrected chi connectivity index (χ3v) is 6.63. The number of aryl methyl sites for hydroxylation is 3. The summed E-state index contributed by atoms with van der Waals surface area (Å²) in [7, 11) is 1.56. The molecule has 1 aromatic carbocycles. The standard InChI is InChI=1S/C22H25N5O5S/c1-13-16-18(28)27(22(2,3)20(29)30)21(31)26(19(16)33-17(13)25-24-11-10-23)12-9-14-7-5-6-8-15(14)32-4/h5-8,10-11,23,25H,9,12H2,1-4H3,(H,29,30)/b23-10?,24-11-. The quantitative estimate of drug-likeness (QED) is 0.324. The van der Waals surface area contributed by atoms with Crippen molar-refractivity contribution in [3.8, 4) is 5.75 Å². The number of anilines is 1. The molecule has 0 fully saturated rings. The zero-order valence-corrected chi connectivity index (χ0v) is 19.5. The van der Waals surface area contributed by atoms with Crippen molar-refractivity contribution < 1.29 is 14.6 Å². The molecule has 0 amide bonds. The Morgan fingerprint density at radius 2 is 2.03 bits per heavy atom. The first-order valence-electron chi connectivity index (χ1n) is 10.1. The van der Waals surface area contributed by atoms with E-state index in [2.05, 4.69) is 10.5 Å². The highest BCUT2D eigenvalue weighted by Gasteiger charge is 2.35. The van der Waals surface area contributed by atoms with Crippen LogP contribution in [0.1, 0.15) is 25.0 Å². The molecule has 0 aliphatic rings. The van der Waals surface area contributed by atoms with Crippen molar-refractivity contribution >= 4 is 45.0 Å². The fourth-order valence-corrected chi connectivity index (χ4v) is 4.68. The molecule has 2 heterocycles. The van der Waals surface area contributed by atoms with Gasteiger partial charge in [0.25, 0.3) is 5.56 Å². The molecule has 0 saturated heterocycles. The fraction of sp³-hybridized carbons (Fsp3) is 0.318. The molecule has 0 unspecified atom stereocenters. The highest BCUT2D eigenvalue weighted by atomic mass is 32.1. The molecule has 33 heavy (non-hydrogen) atoms. The summed E-state index contributed by atoms with van der Waals surface area (Å²) in [5.41, 5.74) is 1.07. The average molecular weight is 472 g/mol. The van der Waals surface area contributed by atoms with Crippen molar-refractivity contribution in [2.75, 3.05) is 12.5 Å². The number of carboxylic acid groups (broad SMARTS) is 1. The van der Waals surface area contributed by atoms with Crippen LogP contribution >= 0.6 is 11.3 Å². The van der Waals surface area contributed by atoms with Crippen LogP contribution in [0.25, 0.3) is 10.2 Å². The van der Waals surface area contributed by atoms with E-state index in [0.717, 1.165) is 16.3 Å². The molecule has 10 nitrogen and oxygen atoms in total.